The fraction of sp³-hybridized carbons (Fsp3) is 0.778. The molecule has 1 saturated heterocycles. The molecule has 0 spiro atoms. The summed E-state index contributed by atoms with van der Waals surface area (Å²) in [5.41, 5.74) is 5.59. The Hall–Kier alpha value is -2.43. The molecule has 0 bridgehead atoms. The molecule has 4 aliphatic rings. The number of primary amides is 1. The molecule has 1 heterocycles. The molecule has 0 radical (unpaired) electrons. The first kappa shape index (κ1) is 28.6. The largest absolute Gasteiger partial charge is 0.368 e. The highest BCUT2D eigenvalue weighted by Gasteiger charge is 2.45. The van der Waals surface area contributed by atoms with Crippen LogP contribution >= 0.6 is 0 Å². The van der Waals surface area contributed by atoms with Crippen LogP contribution in [0.2, 0.25) is 0 Å². The van der Waals surface area contributed by atoms with E-state index in [9.17, 15) is 27.6 Å². The Morgan fingerprint density at radius 3 is 2.39 bits per heavy atom. The molecule has 4 fully saturated rings. The number of carbonyl (C=O) groups excluding carboxylic acids is 4. The molecule has 4 rings (SSSR count). The fourth-order valence-corrected chi connectivity index (χ4v) is 6.64. The van der Waals surface area contributed by atoms with E-state index < -0.39 is 39.2 Å². The van der Waals surface area contributed by atoms with E-state index in [1.165, 1.54) is 0 Å². The molecule has 1 aliphatic heterocycles. The maximum Gasteiger partial charge on any atom is 0.245 e. The predicted molar refractivity (Wildman–Crippen MR) is 142 cm³/mol. The highest BCUT2D eigenvalue weighted by atomic mass is 32.2. The van der Waals surface area contributed by atoms with Crippen molar-refractivity contribution < 1.29 is 27.6 Å². The first-order chi connectivity index (χ1) is 18.1. The Morgan fingerprint density at radius 2 is 1.76 bits per heavy atom. The van der Waals surface area contributed by atoms with Crippen molar-refractivity contribution in [2.75, 3.05) is 6.54 Å². The minimum Gasteiger partial charge on any atom is -0.368 e. The molecule has 3 aliphatic carbocycles. The number of unbranched alkanes of at least 4 members (excludes halogenated alkanes) is 3. The Morgan fingerprint density at radius 1 is 1.03 bits per heavy atom. The quantitative estimate of drug-likeness (QED) is 0.208. The van der Waals surface area contributed by atoms with Gasteiger partial charge in [-0.2, -0.15) is 0 Å². The summed E-state index contributed by atoms with van der Waals surface area (Å²) in [6.45, 7) is 2.53. The second-order valence-electron chi connectivity index (χ2n) is 11.5. The van der Waals surface area contributed by atoms with Crippen LogP contribution in [0, 0.1) is 23.7 Å². The number of amides is 4. The van der Waals surface area contributed by atoms with Crippen LogP contribution in [-0.2, 0) is 29.2 Å². The molecule has 4 amide bonds. The molecular weight excluding hydrogens is 508 g/mol. The monoisotopic (exact) mass is 550 g/mol. The molecule has 0 aromatic carbocycles. The van der Waals surface area contributed by atoms with Crippen LogP contribution < -0.4 is 15.8 Å². The number of nitrogens with one attached hydrogen (secondary N) is 2. The first-order valence-corrected chi connectivity index (χ1v) is 15.8. The Labute approximate surface area is 225 Å². The van der Waals surface area contributed by atoms with Crippen LogP contribution in [-0.4, -0.2) is 60.8 Å². The van der Waals surface area contributed by atoms with Gasteiger partial charge in [0.1, 0.15) is 12.1 Å². The maximum atomic E-state index is 13.4. The van der Waals surface area contributed by atoms with Gasteiger partial charge in [-0.25, -0.2) is 8.42 Å². The van der Waals surface area contributed by atoms with Gasteiger partial charge in [-0.1, -0.05) is 38.3 Å². The third-order valence-corrected chi connectivity index (χ3v) is 10.1. The van der Waals surface area contributed by atoms with E-state index in [0.29, 0.717) is 38.6 Å². The van der Waals surface area contributed by atoms with E-state index >= 15 is 0 Å². The van der Waals surface area contributed by atoms with E-state index in [2.05, 4.69) is 10.0 Å². The van der Waals surface area contributed by atoms with Crippen LogP contribution in [0.5, 0.6) is 0 Å². The molecule has 11 heteroatoms. The minimum atomic E-state index is -3.49. The second kappa shape index (κ2) is 12.2. The van der Waals surface area contributed by atoms with Crippen LogP contribution in [0.15, 0.2) is 12.2 Å². The Bertz CT molecular complexity index is 1050. The summed E-state index contributed by atoms with van der Waals surface area (Å²) >= 11 is 0. The van der Waals surface area contributed by atoms with Crippen molar-refractivity contribution in [2.24, 2.45) is 29.4 Å². The molecule has 3 saturated carbocycles. The summed E-state index contributed by atoms with van der Waals surface area (Å²) in [7, 11) is -3.49. The molecule has 0 unspecified atom stereocenters. The van der Waals surface area contributed by atoms with Crippen molar-refractivity contribution in [3.05, 3.63) is 12.2 Å². The zero-order valence-corrected chi connectivity index (χ0v) is 23.1. The molecule has 0 aromatic heterocycles. The number of nitrogens with two attached hydrogens (primary N) is 1. The third kappa shape index (κ3) is 7.57. The third-order valence-electron chi connectivity index (χ3n) is 8.27. The van der Waals surface area contributed by atoms with Gasteiger partial charge in [-0.3, -0.25) is 23.9 Å². The molecule has 38 heavy (non-hydrogen) atoms. The summed E-state index contributed by atoms with van der Waals surface area (Å²) in [6, 6.07) is -1.26. The lowest BCUT2D eigenvalue weighted by molar-refractivity contribution is -0.141. The van der Waals surface area contributed by atoms with Gasteiger partial charge in [-0.05, 0) is 69.6 Å². The minimum absolute atomic E-state index is 0.00788. The van der Waals surface area contributed by atoms with Gasteiger partial charge in [0.15, 0.2) is 0 Å². The SMILES string of the molecule is CC[C@@H]1C[C@@H](C(N)=O)N(C(=O)[C@H](CCCCC/C=C\[C@@H]2C[C@@H]2C(=O)NS(=O)(=O)C2CC2)NC(=O)C2CC2)C1. The first-order valence-electron chi connectivity index (χ1n) is 14.2. The van der Waals surface area contributed by atoms with Crippen LogP contribution in [0.3, 0.4) is 0 Å². The van der Waals surface area contributed by atoms with E-state index in [1.807, 2.05) is 19.1 Å². The van der Waals surface area contributed by atoms with Crippen LogP contribution in [0.25, 0.3) is 0 Å². The van der Waals surface area contributed by atoms with Crippen molar-refractivity contribution in [1.29, 1.82) is 0 Å². The average Bonchev–Trinajstić information content (AvgIpc) is 3.72. The van der Waals surface area contributed by atoms with Gasteiger partial charge >= 0.3 is 0 Å². The van der Waals surface area contributed by atoms with Gasteiger partial charge in [0.2, 0.25) is 33.7 Å². The standard InChI is InChI=1S/C27H42N4O6S/c1-2-17-14-23(24(28)32)31(16-17)27(35)22(29-25(33)18-10-11-18)9-7-5-3-4-6-8-19-15-21(19)26(34)30-38(36,37)20-12-13-20/h6,8,17-23H,2-5,7,9-16H2,1H3,(H2,28,32)(H,29,33)(H,30,34)/b8-6-/t17-,19-,21+,22+,23+/m1/s1. The van der Waals surface area contributed by atoms with Crippen molar-refractivity contribution >= 4 is 33.7 Å². The van der Waals surface area contributed by atoms with Crippen LogP contribution in [0.1, 0.15) is 84.0 Å². The number of likely N-dealkylation sites (tertiary alicyclic amines) is 1. The molecule has 5 atom stereocenters. The van der Waals surface area contributed by atoms with Gasteiger partial charge in [0.05, 0.1) is 5.25 Å². The van der Waals surface area contributed by atoms with Crippen molar-refractivity contribution in [3.63, 3.8) is 0 Å². The van der Waals surface area contributed by atoms with Crippen molar-refractivity contribution in [3.8, 4) is 0 Å². The lowest BCUT2D eigenvalue weighted by Gasteiger charge is -2.28. The number of hydrogen-bond donors (Lipinski definition) is 3. The molecule has 212 valence electrons. The predicted octanol–water partition coefficient (Wildman–Crippen LogP) is 1.74. The maximum absolute atomic E-state index is 13.4. The molecule has 0 aromatic rings. The zero-order chi connectivity index (χ0) is 27.4. The number of rotatable bonds is 15. The second-order valence-corrected chi connectivity index (χ2v) is 13.5. The summed E-state index contributed by atoms with van der Waals surface area (Å²) in [5, 5.41) is 2.54. The lowest BCUT2D eigenvalue weighted by Crippen LogP contribution is -2.53. The van der Waals surface area contributed by atoms with Gasteiger partial charge in [0.25, 0.3) is 0 Å². The van der Waals surface area contributed by atoms with E-state index in [-0.39, 0.29) is 35.5 Å². The Kier molecular flexibility index (Phi) is 9.15. The highest BCUT2D eigenvalue weighted by Crippen LogP contribution is 2.40. The summed E-state index contributed by atoms with van der Waals surface area (Å²) in [6.07, 6.45) is 13.0. The lowest BCUT2D eigenvalue weighted by atomic mass is 10.0. The number of hydrogen-bond acceptors (Lipinski definition) is 6. The fourth-order valence-electron chi connectivity index (χ4n) is 5.29. The Balaban J connectivity index is 1.18. The summed E-state index contributed by atoms with van der Waals surface area (Å²) in [4.78, 5) is 51.6. The average molecular weight is 551 g/mol. The van der Waals surface area contributed by atoms with Crippen molar-refractivity contribution in [1.82, 2.24) is 14.9 Å². The smallest absolute Gasteiger partial charge is 0.245 e. The number of nitrogens with zero attached hydrogens (tertiary/aromatic N) is 1. The zero-order valence-electron chi connectivity index (χ0n) is 22.3. The van der Waals surface area contributed by atoms with Gasteiger partial charge < -0.3 is 16.0 Å². The van der Waals surface area contributed by atoms with Crippen molar-refractivity contribution in [2.45, 2.75) is 101 Å². The molecular formula is C27H42N4O6S. The van der Waals surface area contributed by atoms with E-state index in [0.717, 1.165) is 44.9 Å². The molecule has 10 nitrogen and oxygen atoms in total. The molecule has 4 N–H and O–H groups in total. The summed E-state index contributed by atoms with van der Waals surface area (Å²) in [5.74, 6) is -1.11. The van der Waals surface area contributed by atoms with E-state index in [4.69, 9.17) is 5.73 Å². The number of sulfonamides is 1. The van der Waals surface area contributed by atoms with E-state index in [1.54, 1.807) is 4.90 Å². The van der Waals surface area contributed by atoms with Gasteiger partial charge in [0, 0.05) is 18.4 Å². The topological polar surface area (TPSA) is 156 Å². The van der Waals surface area contributed by atoms with Gasteiger partial charge in [-0.15, -0.1) is 0 Å². The van der Waals surface area contributed by atoms with Crippen LogP contribution in [0.4, 0.5) is 0 Å². The number of allylic oxidation sites excluding steroid dienone is 2. The summed E-state index contributed by atoms with van der Waals surface area (Å²) < 4.78 is 26.1. The normalized spacial score (nSPS) is 27.8. The number of carbonyl (C=O) groups is 4. The highest BCUT2D eigenvalue weighted by molar-refractivity contribution is 7.90.